The number of hydrogen-bond donors (Lipinski definition) is 1. The highest BCUT2D eigenvalue weighted by Crippen LogP contribution is 2.16. The van der Waals surface area contributed by atoms with Crippen LogP contribution in [0, 0.1) is 10.1 Å². The van der Waals surface area contributed by atoms with Gasteiger partial charge >= 0.3 is 5.97 Å². The Kier molecular flexibility index (Phi) is 5.26. The maximum absolute atomic E-state index is 12.1. The van der Waals surface area contributed by atoms with Gasteiger partial charge in [-0.05, 0) is 39.8 Å². The number of benzene rings is 1. The van der Waals surface area contributed by atoms with Crippen LogP contribution in [0.3, 0.4) is 0 Å². The van der Waals surface area contributed by atoms with Gasteiger partial charge in [0, 0.05) is 12.1 Å². The van der Waals surface area contributed by atoms with Crippen molar-refractivity contribution in [1.82, 2.24) is 4.72 Å². The van der Waals surface area contributed by atoms with E-state index >= 15 is 0 Å². The summed E-state index contributed by atoms with van der Waals surface area (Å²) in [5.74, 6) is -0.710. The first kappa shape index (κ1) is 18.1. The highest BCUT2D eigenvalue weighted by molar-refractivity contribution is 7.89. The molecule has 0 aliphatic heterocycles. The number of esters is 1. The molecule has 9 heteroatoms. The van der Waals surface area contributed by atoms with E-state index in [0.29, 0.717) is 0 Å². The summed E-state index contributed by atoms with van der Waals surface area (Å²) in [5, 5.41) is 10.5. The van der Waals surface area contributed by atoms with Crippen molar-refractivity contribution in [3.63, 3.8) is 0 Å². The summed E-state index contributed by atoms with van der Waals surface area (Å²) >= 11 is 0. The number of rotatable bonds is 5. The summed E-state index contributed by atoms with van der Waals surface area (Å²) < 4.78 is 31.5. The van der Waals surface area contributed by atoms with Crippen molar-refractivity contribution < 1.29 is 22.9 Å². The number of non-ortho nitro benzene ring substituents is 1. The number of nitro benzene ring substituents is 1. The van der Waals surface area contributed by atoms with E-state index in [1.807, 2.05) is 0 Å². The molecule has 1 atom stereocenters. The van der Waals surface area contributed by atoms with Crippen LogP contribution in [0.1, 0.15) is 27.7 Å². The van der Waals surface area contributed by atoms with Gasteiger partial charge in [0.2, 0.25) is 10.0 Å². The average Bonchev–Trinajstić information content (AvgIpc) is 2.36. The molecule has 0 aromatic heterocycles. The first-order valence-electron chi connectivity index (χ1n) is 6.42. The topological polar surface area (TPSA) is 116 Å². The number of nitro groups is 1. The molecule has 8 nitrogen and oxygen atoms in total. The van der Waals surface area contributed by atoms with Gasteiger partial charge in [-0.2, -0.15) is 4.72 Å². The molecule has 0 amide bonds. The lowest BCUT2D eigenvalue weighted by Gasteiger charge is -2.22. The highest BCUT2D eigenvalue weighted by Gasteiger charge is 2.26. The summed E-state index contributed by atoms with van der Waals surface area (Å²) in [4.78, 5) is 21.5. The van der Waals surface area contributed by atoms with Crippen molar-refractivity contribution in [3.8, 4) is 0 Å². The molecular weight excluding hydrogens is 312 g/mol. The number of sulfonamides is 1. The minimum absolute atomic E-state index is 0.173. The molecule has 0 spiro atoms. The molecule has 0 aliphatic carbocycles. The maximum Gasteiger partial charge on any atom is 0.324 e. The van der Waals surface area contributed by atoms with Crippen LogP contribution in [0.25, 0.3) is 0 Å². The lowest BCUT2D eigenvalue weighted by molar-refractivity contribution is -0.384. The largest absolute Gasteiger partial charge is 0.459 e. The van der Waals surface area contributed by atoms with Gasteiger partial charge in [-0.25, -0.2) is 8.42 Å². The number of nitrogens with one attached hydrogen (secondary N) is 1. The molecule has 22 heavy (non-hydrogen) atoms. The van der Waals surface area contributed by atoms with Gasteiger partial charge in [0.15, 0.2) is 0 Å². The van der Waals surface area contributed by atoms with E-state index < -0.39 is 32.6 Å². The van der Waals surface area contributed by atoms with Crippen LogP contribution in [0.2, 0.25) is 0 Å². The molecule has 1 aromatic carbocycles. The van der Waals surface area contributed by atoms with E-state index in [-0.39, 0.29) is 10.6 Å². The van der Waals surface area contributed by atoms with Crippen LogP contribution in [-0.2, 0) is 19.6 Å². The van der Waals surface area contributed by atoms with Crippen LogP contribution in [-0.4, -0.2) is 31.0 Å². The Labute approximate surface area is 128 Å². The van der Waals surface area contributed by atoms with Crippen LogP contribution < -0.4 is 4.72 Å². The van der Waals surface area contributed by atoms with Gasteiger partial charge in [0.1, 0.15) is 11.6 Å². The third-order valence-corrected chi connectivity index (χ3v) is 4.01. The fraction of sp³-hybridized carbons (Fsp3) is 0.462. The minimum Gasteiger partial charge on any atom is -0.459 e. The van der Waals surface area contributed by atoms with E-state index in [0.717, 1.165) is 24.3 Å². The van der Waals surface area contributed by atoms with E-state index in [1.165, 1.54) is 6.92 Å². The molecule has 0 fully saturated rings. The predicted octanol–water partition coefficient (Wildman–Crippen LogP) is 1.60. The van der Waals surface area contributed by atoms with Crippen molar-refractivity contribution in [3.05, 3.63) is 34.4 Å². The van der Waals surface area contributed by atoms with E-state index in [4.69, 9.17) is 4.74 Å². The Bertz CT molecular complexity index is 661. The van der Waals surface area contributed by atoms with Gasteiger partial charge in [0.25, 0.3) is 5.69 Å². The molecule has 0 saturated carbocycles. The Morgan fingerprint density at radius 2 is 1.77 bits per heavy atom. The lowest BCUT2D eigenvalue weighted by atomic mass is 10.2. The molecular formula is C13H18N2O6S. The summed E-state index contributed by atoms with van der Waals surface area (Å²) in [6.07, 6.45) is 0. The summed E-state index contributed by atoms with van der Waals surface area (Å²) in [7, 11) is -3.98. The molecule has 1 rings (SSSR count). The van der Waals surface area contributed by atoms with E-state index in [1.54, 1.807) is 20.8 Å². The Balaban J connectivity index is 2.87. The van der Waals surface area contributed by atoms with Crippen LogP contribution in [0.4, 0.5) is 5.69 Å². The summed E-state index contributed by atoms with van der Waals surface area (Å²) in [6, 6.07) is 3.27. The van der Waals surface area contributed by atoms with Gasteiger partial charge in [0.05, 0.1) is 9.82 Å². The van der Waals surface area contributed by atoms with E-state index in [9.17, 15) is 23.3 Å². The van der Waals surface area contributed by atoms with Crippen molar-refractivity contribution in [1.29, 1.82) is 0 Å². The van der Waals surface area contributed by atoms with Gasteiger partial charge < -0.3 is 4.74 Å². The summed E-state index contributed by atoms with van der Waals surface area (Å²) in [6.45, 7) is 6.37. The average molecular weight is 330 g/mol. The number of carbonyl (C=O) groups excluding carboxylic acids is 1. The van der Waals surface area contributed by atoms with Crippen LogP contribution in [0.5, 0.6) is 0 Å². The Morgan fingerprint density at radius 3 is 2.18 bits per heavy atom. The molecule has 1 N–H and O–H groups in total. The zero-order valence-corrected chi connectivity index (χ0v) is 13.5. The predicted molar refractivity (Wildman–Crippen MR) is 78.7 cm³/mol. The first-order chi connectivity index (χ1) is 9.92. The summed E-state index contributed by atoms with van der Waals surface area (Å²) in [5.41, 5.74) is -0.955. The van der Waals surface area contributed by atoms with Gasteiger partial charge in [-0.3, -0.25) is 14.9 Å². The Hall–Kier alpha value is -2.00. The van der Waals surface area contributed by atoms with E-state index in [2.05, 4.69) is 4.72 Å². The second-order valence-electron chi connectivity index (χ2n) is 5.63. The molecule has 0 aliphatic rings. The molecule has 122 valence electrons. The molecule has 0 unspecified atom stereocenters. The molecule has 0 bridgehead atoms. The van der Waals surface area contributed by atoms with Crippen molar-refractivity contribution in [2.45, 2.75) is 44.2 Å². The van der Waals surface area contributed by atoms with Crippen molar-refractivity contribution in [2.75, 3.05) is 0 Å². The van der Waals surface area contributed by atoms with Crippen molar-refractivity contribution >= 4 is 21.7 Å². The zero-order chi connectivity index (χ0) is 17.1. The molecule has 1 aromatic rings. The fourth-order valence-corrected chi connectivity index (χ4v) is 2.68. The normalized spacial score (nSPS) is 13.5. The first-order valence-corrected chi connectivity index (χ1v) is 7.90. The molecule has 0 heterocycles. The number of nitrogens with zero attached hydrogens (tertiary/aromatic N) is 1. The molecule has 0 radical (unpaired) electrons. The smallest absolute Gasteiger partial charge is 0.324 e. The SMILES string of the molecule is C[C@H](NS(=O)(=O)c1ccc([N+](=O)[O-])cc1)C(=O)OC(C)(C)C. The standard InChI is InChI=1S/C13H18N2O6S/c1-9(12(16)21-13(2,3)4)14-22(19,20)11-7-5-10(6-8-11)15(17)18/h5-9,14H,1-4H3/t9-/m0/s1. The maximum atomic E-state index is 12.1. The van der Waals surface area contributed by atoms with Crippen LogP contribution >= 0.6 is 0 Å². The second-order valence-corrected chi connectivity index (χ2v) is 7.34. The van der Waals surface area contributed by atoms with Crippen molar-refractivity contribution in [2.24, 2.45) is 0 Å². The fourth-order valence-electron chi connectivity index (χ4n) is 1.49. The monoisotopic (exact) mass is 330 g/mol. The minimum atomic E-state index is -3.98. The lowest BCUT2D eigenvalue weighted by Crippen LogP contribution is -2.42. The van der Waals surface area contributed by atoms with Crippen LogP contribution in [0.15, 0.2) is 29.2 Å². The second kappa shape index (κ2) is 6.41. The number of hydrogen-bond acceptors (Lipinski definition) is 6. The Morgan fingerprint density at radius 1 is 1.27 bits per heavy atom. The zero-order valence-electron chi connectivity index (χ0n) is 12.7. The molecule has 0 saturated heterocycles. The quantitative estimate of drug-likeness (QED) is 0.498. The van der Waals surface area contributed by atoms with Gasteiger partial charge in [-0.15, -0.1) is 0 Å². The van der Waals surface area contributed by atoms with Gasteiger partial charge in [-0.1, -0.05) is 0 Å². The number of ether oxygens (including phenoxy) is 1. The number of carbonyl (C=O) groups is 1. The third kappa shape index (κ3) is 5.08. The third-order valence-electron chi connectivity index (χ3n) is 2.45. The highest BCUT2D eigenvalue weighted by atomic mass is 32.2.